The molecule has 1 fully saturated rings. The fourth-order valence-corrected chi connectivity index (χ4v) is 5.56. The Kier molecular flexibility index (Phi) is 14.9. The largest absolute Gasteiger partial charge is 0.478 e. The average molecular weight is 700 g/mol. The Hall–Kier alpha value is -3.69. The van der Waals surface area contributed by atoms with Crippen molar-refractivity contribution in [3.05, 3.63) is 59.7 Å². The summed E-state index contributed by atoms with van der Waals surface area (Å²) in [6, 6.07) is 0. The Bertz CT molecular complexity index is 1330. The number of carbonyl (C=O) groups is 2. The lowest BCUT2D eigenvalue weighted by Gasteiger charge is -2.47. The summed E-state index contributed by atoms with van der Waals surface area (Å²) in [7, 11) is 1.17. The molecule has 0 aromatic heterocycles. The molecule has 0 saturated carbocycles. The van der Waals surface area contributed by atoms with Gasteiger partial charge in [-0.25, -0.2) is 9.59 Å². The molecule has 3 aliphatic rings. The normalized spacial score (nSPS) is 30.3. The second kappa shape index (κ2) is 18.3. The van der Waals surface area contributed by atoms with Gasteiger partial charge in [0.15, 0.2) is 18.4 Å². The molecule has 3 aliphatic heterocycles. The zero-order chi connectivity index (χ0) is 36.3. The first-order valence-corrected chi connectivity index (χ1v) is 15.6. The molecule has 8 atom stereocenters. The number of hydrogen-bond donors (Lipinski definition) is 10. The van der Waals surface area contributed by atoms with Gasteiger partial charge in [-0.1, -0.05) is 18.2 Å². The summed E-state index contributed by atoms with van der Waals surface area (Å²) >= 11 is 0. The molecule has 18 nitrogen and oxygen atoms in total. The number of carbonyl (C=O) groups excluding carboxylic acids is 1. The highest BCUT2D eigenvalue weighted by molar-refractivity contribution is 5.92. The number of nitrogens with two attached hydrogens (primary N) is 1. The molecule has 49 heavy (non-hydrogen) atoms. The molecular weight excluding hydrogens is 652 g/mol. The van der Waals surface area contributed by atoms with Gasteiger partial charge in [0.1, 0.15) is 37.1 Å². The van der Waals surface area contributed by atoms with Gasteiger partial charge in [0.2, 0.25) is 12.1 Å². The van der Waals surface area contributed by atoms with E-state index in [9.17, 15) is 40.2 Å². The number of methoxy groups -OCH3 is 1. The van der Waals surface area contributed by atoms with Crippen LogP contribution in [0.3, 0.4) is 0 Å². The van der Waals surface area contributed by atoms with Gasteiger partial charge in [-0.3, -0.25) is 4.99 Å². The molecule has 1 saturated heterocycles. The lowest BCUT2D eigenvalue weighted by molar-refractivity contribution is -0.843. The fourth-order valence-electron chi connectivity index (χ4n) is 5.56. The van der Waals surface area contributed by atoms with Crippen LogP contribution in [0.2, 0.25) is 0 Å². The van der Waals surface area contributed by atoms with Gasteiger partial charge < -0.3 is 75.4 Å². The van der Waals surface area contributed by atoms with Crippen LogP contribution in [0.1, 0.15) is 13.3 Å². The first kappa shape index (κ1) is 39.7. The Labute approximate surface area is 282 Å². The molecular formula is C31H47N4O14+. The second-order valence-electron chi connectivity index (χ2n) is 11.3. The van der Waals surface area contributed by atoms with Crippen molar-refractivity contribution >= 4 is 17.9 Å². The number of guanidine groups is 1. The van der Waals surface area contributed by atoms with Gasteiger partial charge >= 0.3 is 11.9 Å². The van der Waals surface area contributed by atoms with Gasteiger partial charge in [0.25, 0.3) is 0 Å². The Morgan fingerprint density at radius 1 is 1.24 bits per heavy atom. The van der Waals surface area contributed by atoms with E-state index in [1.807, 2.05) is 0 Å². The predicted octanol–water partition coefficient (Wildman–Crippen LogP) is -4.04. The molecule has 0 aliphatic carbocycles. The van der Waals surface area contributed by atoms with Crippen molar-refractivity contribution in [3.8, 4) is 0 Å². The standard InChI is InChI=1S/C31H46N4O14/c1-4-18-19(8-7-17-13-35(10-12-37)14-20(26(40)41)23(17)34-30(32)33-9-6-11-36)21(27(42)45-3)16-47-28(18)49-29-25(46-5-2)31(43,44)24(39)22(15-38)48-29/h4,7-8,13,16,18-19,22,24-25,28-29,36-39,43-44H,1,5-6,9-12,14-15H2,2-3H3,(H,40,41)(H3,32,33,34)/p+1. The monoisotopic (exact) mass is 699 g/mol. The number of carboxylic acid groups (broad SMARTS) is 1. The summed E-state index contributed by atoms with van der Waals surface area (Å²) in [5.41, 5.74) is 6.43. The van der Waals surface area contributed by atoms with Gasteiger partial charge in [0.05, 0.1) is 49.3 Å². The molecule has 0 aromatic carbocycles. The third-order valence-electron chi connectivity index (χ3n) is 8.05. The highest BCUT2D eigenvalue weighted by Crippen LogP contribution is 2.38. The number of rotatable bonds is 16. The molecule has 0 bridgehead atoms. The number of allylic oxidation sites excluding steroid dienone is 2. The minimum atomic E-state index is -2.89. The third-order valence-corrected chi connectivity index (χ3v) is 8.05. The summed E-state index contributed by atoms with van der Waals surface area (Å²) in [5, 5.41) is 73.1. The Morgan fingerprint density at radius 2 is 1.98 bits per heavy atom. The van der Waals surface area contributed by atoms with E-state index in [4.69, 9.17) is 34.5 Å². The molecule has 274 valence electrons. The summed E-state index contributed by atoms with van der Waals surface area (Å²) < 4.78 is 27.8. The number of esters is 1. The summed E-state index contributed by atoms with van der Waals surface area (Å²) in [6.45, 7) is 4.61. The van der Waals surface area contributed by atoms with Crippen molar-refractivity contribution in [2.75, 3.05) is 53.2 Å². The Morgan fingerprint density at radius 3 is 2.57 bits per heavy atom. The van der Waals surface area contributed by atoms with E-state index in [1.54, 1.807) is 19.2 Å². The highest BCUT2D eigenvalue weighted by atomic mass is 16.8. The topological polar surface area (TPSA) is 277 Å². The van der Waals surface area contributed by atoms with Crippen LogP contribution < -0.4 is 16.0 Å². The molecule has 3 rings (SSSR count). The van der Waals surface area contributed by atoms with Gasteiger partial charge in [0, 0.05) is 25.7 Å². The summed E-state index contributed by atoms with van der Waals surface area (Å²) in [4.78, 5) is 30.0. The molecule has 11 N–H and O–H groups in total. The van der Waals surface area contributed by atoms with E-state index >= 15 is 0 Å². The molecule has 0 spiro atoms. The van der Waals surface area contributed by atoms with E-state index < -0.39 is 67.1 Å². The minimum Gasteiger partial charge on any atom is -0.478 e. The maximum Gasteiger partial charge on any atom is 0.339 e. The van der Waals surface area contributed by atoms with Crippen LogP contribution in [0, 0.1) is 11.8 Å². The number of hydrogen-bond acceptors (Lipinski definition) is 14. The first-order chi connectivity index (χ1) is 23.4. The number of quaternary nitrogens is 1. The van der Waals surface area contributed by atoms with Crippen LogP contribution in [-0.2, 0) is 33.3 Å². The van der Waals surface area contributed by atoms with Crippen molar-refractivity contribution in [2.24, 2.45) is 22.6 Å². The lowest BCUT2D eigenvalue weighted by Crippen LogP contribution is -3.09. The molecule has 0 aromatic rings. The van der Waals surface area contributed by atoms with Crippen molar-refractivity contribution in [3.63, 3.8) is 0 Å². The van der Waals surface area contributed by atoms with Crippen molar-refractivity contribution < 1.29 is 73.9 Å². The van der Waals surface area contributed by atoms with Crippen molar-refractivity contribution in [2.45, 2.75) is 50.0 Å². The summed E-state index contributed by atoms with van der Waals surface area (Å²) in [6.07, 6.45) is -0.373. The summed E-state index contributed by atoms with van der Waals surface area (Å²) in [5.74, 6) is -6.81. The quantitative estimate of drug-likeness (QED) is 0.0183. The number of carboxylic acids is 1. The Balaban J connectivity index is 2.05. The minimum absolute atomic E-state index is 0.00160. The molecule has 3 heterocycles. The number of aliphatic imine (C=N–C) groups is 1. The van der Waals surface area contributed by atoms with Crippen LogP contribution in [0.15, 0.2) is 64.7 Å². The molecule has 8 unspecified atom stereocenters. The molecule has 0 amide bonds. The SMILES string of the molecule is C=CC1C(OC2OC(CO)C(O)C(O)(O)C2OCC)OC=C(C(=O)OC)C1C=CC1=C[NH+](CCO)CC(C(=O)O)=C1NC(N)=NCCCO. The molecule has 18 heteroatoms. The van der Waals surface area contributed by atoms with Crippen LogP contribution in [0.4, 0.5) is 0 Å². The van der Waals surface area contributed by atoms with Crippen LogP contribution >= 0.6 is 0 Å². The predicted molar refractivity (Wildman–Crippen MR) is 169 cm³/mol. The van der Waals surface area contributed by atoms with E-state index in [0.29, 0.717) is 16.9 Å². The number of aliphatic hydroxyl groups is 6. The zero-order valence-electron chi connectivity index (χ0n) is 27.3. The van der Waals surface area contributed by atoms with Crippen molar-refractivity contribution in [1.82, 2.24) is 5.32 Å². The number of nitrogens with one attached hydrogen (secondary N) is 2. The average Bonchev–Trinajstić information content (AvgIpc) is 3.07. The van der Waals surface area contributed by atoms with E-state index in [0.717, 1.165) is 6.26 Å². The highest BCUT2D eigenvalue weighted by Gasteiger charge is 2.57. The second-order valence-corrected chi connectivity index (χ2v) is 11.3. The smallest absolute Gasteiger partial charge is 0.339 e. The number of ether oxygens (including phenoxy) is 5. The maximum absolute atomic E-state index is 12.9. The van der Waals surface area contributed by atoms with E-state index in [1.165, 1.54) is 19.3 Å². The zero-order valence-corrected chi connectivity index (χ0v) is 27.3. The number of aliphatic carboxylic acids is 1. The van der Waals surface area contributed by atoms with Crippen LogP contribution in [0.5, 0.6) is 0 Å². The van der Waals surface area contributed by atoms with E-state index in [2.05, 4.69) is 16.9 Å². The van der Waals surface area contributed by atoms with Gasteiger partial charge in [-0.05, 0) is 13.3 Å². The van der Waals surface area contributed by atoms with E-state index in [-0.39, 0.29) is 62.3 Å². The number of aliphatic hydroxyl groups excluding tert-OH is 4. The third kappa shape index (κ3) is 9.51. The van der Waals surface area contributed by atoms with Crippen molar-refractivity contribution in [1.29, 1.82) is 0 Å². The van der Waals surface area contributed by atoms with Crippen LogP contribution in [0.25, 0.3) is 0 Å². The molecule has 0 radical (unpaired) electrons. The van der Waals surface area contributed by atoms with Gasteiger partial charge in [-0.15, -0.1) is 6.58 Å². The van der Waals surface area contributed by atoms with Crippen LogP contribution in [-0.4, -0.2) is 143 Å². The van der Waals surface area contributed by atoms with Gasteiger partial charge in [-0.2, -0.15) is 0 Å². The lowest BCUT2D eigenvalue weighted by atomic mass is 9.83. The number of nitrogens with zero attached hydrogens (tertiary/aromatic N) is 1. The fraction of sp³-hybridized carbons (Fsp3) is 0.581. The maximum atomic E-state index is 12.9. The first-order valence-electron chi connectivity index (χ1n) is 15.6.